The van der Waals surface area contributed by atoms with Crippen molar-refractivity contribution in [3.8, 4) is 67.1 Å². The van der Waals surface area contributed by atoms with E-state index in [1.807, 2.05) is 97.1 Å². The summed E-state index contributed by atoms with van der Waals surface area (Å²) in [7, 11) is 0. The van der Waals surface area contributed by atoms with Gasteiger partial charge in [-0.2, -0.15) is 0 Å². The fraction of sp³-hybridized carbons (Fsp3) is 0.0333. The third kappa shape index (κ3) is 6.86. The normalized spacial score (nSPS) is 11.6. The first kappa shape index (κ1) is 40.4. The average Bonchev–Trinajstić information content (AvgIpc) is 3.96. The lowest BCUT2D eigenvalue weighted by Crippen LogP contribution is -2.11. The quantitative estimate of drug-likeness (QED) is 0.132. The van der Waals surface area contributed by atoms with Gasteiger partial charge in [0.15, 0.2) is 13.2 Å². The molecule has 326 valence electrons. The van der Waals surface area contributed by atoms with Crippen molar-refractivity contribution in [2.24, 2.45) is 0 Å². The van der Waals surface area contributed by atoms with Gasteiger partial charge in [-0.25, -0.2) is 9.59 Å². The molecular weight excluding hydrogens is 849 g/mol. The van der Waals surface area contributed by atoms with Gasteiger partial charge < -0.3 is 28.5 Å². The molecule has 0 saturated heterocycles. The third-order valence-electron chi connectivity index (χ3n) is 12.8. The van der Waals surface area contributed by atoms with E-state index in [1.54, 1.807) is 12.1 Å². The van der Waals surface area contributed by atoms with Crippen molar-refractivity contribution in [3.05, 3.63) is 194 Å². The number of ether oxygens (including phenoxy) is 2. The van der Waals surface area contributed by atoms with E-state index < -0.39 is 25.2 Å². The molecule has 0 fully saturated rings. The largest absolute Gasteiger partial charge is 0.481 e. The number of carboxylic acids is 2. The zero-order valence-electron chi connectivity index (χ0n) is 36.2. The van der Waals surface area contributed by atoms with Gasteiger partial charge in [0, 0.05) is 43.8 Å². The predicted molar refractivity (Wildman–Crippen MR) is 269 cm³/mol. The van der Waals surface area contributed by atoms with Crippen LogP contribution < -0.4 is 9.47 Å². The number of rotatable bonds is 11. The number of furan rings is 2. The van der Waals surface area contributed by atoms with Gasteiger partial charge in [-0.05, 0) is 91.3 Å². The maximum atomic E-state index is 12.0. The first-order valence-electron chi connectivity index (χ1n) is 22.2. The van der Waals surface area contributed by atoms with Crippen LogP contribution in [0.15, 0.2) is 203 Å². The van der Waals surface area contributed by atoms with Crippen molar-refractivity contribution in [2.75, 3.05) is 13.2 Å². The minimum Gasteiger partial charge on any atom is -0.481 e. The highest BCUT2D eigenvalue weighted by molar-refractivity contribution is 6.14. The molecule has 0 radical (unpaired) electrons. The molecule has 0 atom stereocenters. The fourth-order valence-corrected chi connectivity index (χ4v) is 9.85. The van der Waals surface area contributed by atoms with Crippen LogP contribution in [0.2, 0.25) is 0 Å². The first-order valence-corrected chi connectivity index (χ1v) is 22.2. The van der Waals surface area contributed by atoms with E-state index in [-0.39, 0.29) is 0 Å². The van der Waals surface area contributed by atoms with Crippen molar-refractivity contribution in [1.82, 2.24) is 0 Å². The minimum absolute atomic E-state index is 0.311. The summed E-state index contributed by atoms with van der Waals surface area (Å²) in [4.78, 5) is 24.0. The van der Waals surface area contributed by atoms with Crippen molar-refractivity contribution in [2.45, 2.75) is 0 Å². The molecule has 0 spiro atoms. The van der Waals surface area contributed by atoms with E-state index in [2.05, 4.69) is 84.9 Å². The molecule has 2 N–H and O–H groups in total. The average molecular weight is 887 g/mol. The van der Waals surface area contributed by atoms with Gasteiger partial charge in [0.2, 0.25) is 0 Å². The molecular formula is C60H38O8. The lowest BCUT2D eigenvalue weighted by Gasteiger charge is -2.20. The van der Waals surface area contributed by atoms with E-state index in [0.717, 1.165) is 110 Å². The molecule has 12 rings (SSSR count). The lowest BCUT2D eigenvalue weighted by atomic mass is 9.88. The van der Waals surface area contributed by atoms with Crippen LogP contribution in [0.4, 0.5) is 0 Å². The Morgan fingerprint density at radius 3 is 1.19 bits per heavy atom. The Hall–Kier alpha value is -9.14. The fourth-order valence-electron chi connectivity index (χ4n) is 9.85. The van der Waals surface area contributed by atoms with E-state index in [4.69, 9.17) is 18.3 Å². The number of carboxylic acid groups (broad SMARTS) is 2. The summed E-state index contributed by atoms with van der Waals surface area (Å²) >= 11 is 0. The molecule has 0 aliphatic heterocycles. The second kappa shape index (κ2) is 16.4. The minimum atomic E-state index is -1.13. The van der Waals surface area contributed by atoms with Crippen LogP contribution in [0.5, 0.6) is 11.5 Å². The molecule has 0 amide bonds. The second-order valence-electron chi connectivity index (χ2n) is 16.8. The number of para-hydroxylation sites is 4. The van der Waals surface area contributed by atoms with Crippen LogP contribution in [0, 0.1) is 0 Å². The molecule has 0 saturated carbocycles. The van der Waals surface area contributed by atoms with Gasteiger partial charge in [0.05, 0.1) is 0 Å². The van der Waals surface area contributed by atoms with Crippen LogP contribution in [-0.4, -0.2) is 35.4 Å². The van der Waals surface area contributed by atoms with Gasteiger partial charge >= 0.3 is 11.9 Å². The predicted octanol–water partition coefficient (Wildman–Crippen LogP) is 15.1. The Bertz CT molecular complexity index is 3750. The molecule has 12 aromatic rings. The summed E-state index contributed by atoms with van der Waals surface area (Å²) in [6, 6.07) is 64.7. The Labute approximate surface area is 388 Å². The standard InChI is InChI=1S/C60H38O8/c61-55(62)33-65-53-29-25-37-31-35(39-11-1-3-13-43(39)47-17-9-19-49-45-15-5-7-21-51(45)67-59(47)49)23-27-41(37)57(53)58-42-28-24-36(32-38(42)26-30-54(58)66-34-56(63)64)40-12-2-4-14-44(40)48-18-10-20-50-46-16-6-8-22-52(46)68-60(48)50/h1-32H,33-34H2,(H,61,62)(H,63,64). The van der Waals surface area contributed by atoms with Crippen molar-refractivity contribution in [1.29, 1.82) is 0 Å². The summed E-state index contributed by atoms with van der Waals surface area (Å²) in [6.45, 7) is -1.18. The van der Waals surface area contributed by atoms with E-state index >= 15 is 0 Å². The number of hydrogen-bond acceptors (Lipinski definition) is 6. The Kier molecular flexibility index (Phi) is 9.73. The van der Waals surface area contributed by atoms with Gasteiger partial charge in [0.25, 0.3) is 0 Å². The van der Waals surface area contributed by atoms with Gasteiger partial charge in [-0.15, -0.1) is 0 Å². The topological polar surface area (TPSA) is 119 Å². The molecule has 0 unspecified atom stereocenters. The van der Waals surface area contributed by atoms with Crippen molar-refractivity contribution < 1.29 is 38.1 Å². The Morgan fingerprint density at radius 2 is 0.750 bits per heavy atom. The molecule has 8 heteroatoms. The van der Waals surface area contributed by atoms with Crippen molar-refractivity contribution >= 4 is 77.4 Å². The zero-order valence-corrected chi connectivity index (χ0v) is 36.2. The molecule has 2 aromatic heterocycles. The molecule has 2 heterocycles. The van der Waals surface area contributed by atoms with Gasteiger partial charge in [-0.3, -0.25) is 0 Å². The Morgan fingerprint density at radius 1 is 0.368 bits per heavy atom. The van der Waals surface area contributed by atoms with Gasteiger partial charge in [0.1, 0.15) is 33.8 Å². The first-order chi connectivity index (χ1) is 33.4. The summed E-state index contributed by atoms with van der Waals surface area (Å²) in [5.41, 5.74) is 12.3. The lowest BCUT2D eigenvalue weighted by molar-refractivity contribution is -0.140. The smallest absolute Gasteiger partial charge is 0.341 e. The van der Waals surface area contributed by atoms with Crippen LogP contribution in [0.1, 0.15) is 0 Å². The Balaban J connectivity index is 1.03. The number of benzene rings is 10. The summed E-state index contributed by atoms with van der Waals surface area (Å²) < 4.78 is 25.1. The molecule has 68 heavy (non-hydrogen) atoms. The monoisotopic (exact) mass is 886 g/mol. The number of carbonyl (C=O) groups is 2. The van der Waals surface area contributed by atoms with Crippen LogP contribution in [-0.2, 0) is 9.59 Å². The number of aliphatic carboxylic acids is 2. The van der Waals surface area contributed by atoms with Crippen molar-refractivity contribution in [3.63, 3.8) is 0 Å². The third-order valence-corrected chi connectivity index (χ3v) is 12.8. The summed E-state index contributed by atoms with van der Waals surface area (Å²) in [5.74, 6) is -1.65. The summed E-state index contributed by atoms with van der Waals surface area (Å²) in [5, 5.41) is 27.1. The molecule has 0 aliphatic rings. The molecule has 10 aromatic carbocycles. The number of fused-ring (bicyclic) bond motifs is 8. The van der Waals surface area contributed by atoms with E-state index in [0.29, 0.717) is 22.6 Å². The van der Waals surface area contributed by atoms with E-state index in [9.17, 15) is 19.8 Å². The molecule has 8 nitrogen and oxygen atoms in total. The highest BCUT2D eigenvalue weighted by Crippen LogP contribution is 2.48. The zero-order chi connectivity index (χ0) is 45.9. The van der Waals surface area contributed by atoms with Crippen LogP contribution in [0.25, 0.3) is 121 Å². The SMILES string of the molecule is O=C(O)COc1ccc2cc(-c3ccccc3-c3cccc4c3oc3ccccc34)ccc2c1-c1c(OCC(=O)O)ccc2cc(-c3ccccc3-c3cccc4c3oc3ccccc34)ccc12. The maximum Gasteiger partial charge on any atom is 0.341 e. The number of hydrogen-bond donors (Lipinski definition) is 2. The van der Waals surface area contributed by atoms with Crippen LogP contribution >= 0.6 is 0 Å². The highest BCUT2D eigenvalue weighted by Gasteiger charge is 2.23. The highest BCUT2D eigenvalue weighted by atomic mass is 16.5. The second-order valence-corrected chi connectivity index (χ2v) is 16.8. The summed E-state index contributed by atoms with van der Waals surface area (Å²) in [6.07, 6.45) is 0. The molecule has 0 aliphatic carbocycles. The van der Waals surface area contributed by atoms with Gasteiger partial charge in [-0.1, -0.05) is 158 Å². The van der Waals surface area contributed by atoms with E-state index in [1.165, 1.54) is 0 Å². The molecule has 0 bridgehead atoms. The maximum absolute atomic E-state index is 12.0. The van der Waals surface area contributed by atoms with Crippen LogP contribution in [0.3, 0.4) is 0 Å².